The molecule has 2 atom stereocenters. The molecular weight excluding hydrogens is 178 g/mol. The van der Waals surface area contributed by atoms with Crippen molar-refractivity contribution in [3.63, 3.8) is 0 Å². The summed E-state index contributed by atoms with van der Waals surface area (Å²) in [6, 6.07) is 0. The van der Waals surface area contributed by atoms with E-state index in [0.29, 0.717) is 24.9 Å². The standard InChI is InChI=1S/C11H21NO2/c1-2-9(8-12)11(13)6-5-10-4-3-7-14-10/h9-10H,2-8,12H2,1H3. The van der Waals surface area contributed by atoms with E-state index in [1.165, 1.54) is 0 Å². The highest BCUT2D eigenvalue weighted by molar-refractivity contribution is 5.81. The van der Waals surface area contributed by atoms with Crippen molar-refractivity contribution in [2.24, 2.45) is 11.7 Å². The minimum Gasteiger partial charge on any atom is -0.378 e. The van der Waals surface area contributed by atoms with Crippen LogP contribution in [0.4, 0.5) is 0 Å². The van der Waals surface area contributed by atoms with Crippen molar-refractivity contribution in [1.82, 2.24) is 0 Å². The summed E-state index contributed by atoms with van der Waals surface area (Å²) in [7, 11) is 0. The fourth-order valence-corrected chi connectivity index (χ4v) is 1.91. The fraction of sp³-hybridized carbons (Fsp3) is 0.909. The van der Waals surface area contributed by atoms with Gasteiger partial charge >= 0.3 is 0 Å². The van der Waals surface area contributed by atoms with Crippen LogP contribution in [0, 0.1) is 5.92 Å². The molecule has 0 saturated carbocycles. The van der Waals surface area contributed by atoms with Crippen molar-refractivity contribution in [2.75, 3.05) is 13.2 Å². The Hall–Kier alpha value is -0.410. The third kappa shape index (κ3) is 3.39. The molecule has 0 amide bonds. The van der Waals surface area contributed by atoms with E-state index in [1.54, 1.807) is 0 Å². The Morgan fingerprint density at radius 1 is 1.64 bits per heavy atom. The van der Waals surface area contributed by atoms with E-state index < -0.39 is 0 Å². The Balaban J connectivity index is 2.18. The highest BCUT2D eigenvalue weighted by Gasteiger charge is 2.19. The molecule has 0 aliphatic carbocycles. The third-order valence-electron chi connectivity index (χ3n) is 2.97. The molecule has 1 heterocycles. The van der Waals surface area contributed by atoms with E-state index >= 15 is 0 Å². The largest absolute Gasteiger partial charge is 0.378 e. The van der Waals surface area contributed by atoms with Crippen LogP contribution in [-0.2, 0) is 9.53 Å². The lowest BCUT2D eigenvalue weighted by Gasteiger charge is -2.12. The second kappa shape index (κ2) is 6.14. The Morgan fingerprint density at radius 3 is 2.93 bits per heavy atom. The predicted octanol–water partition coefficient (Wildman–Crippen LogP) is 1.50. The minimum absolute atomic E-state index is 0.0661. The molecule has 1 rings (SSSR count). The lowest BCUT2D eigenvalue weighted by atomic mass is 9.96. The smallest absolute Gasteiger partial charge is 0.137 e. The van der Waals surface area contributed by atoms with E-state index in [-0.39, 0.29) is 5.92 Å². The van der Waals surface area contributed by atoms with E-state index in [4.69, 9.17) is 10.5 Å². The third-order valence-corrected chi connectivity index (χ3v) is 2.97. The molecule has 2 N–H and O–H groups in total. The quantitative estimate of drug-likeness (QED) is 0.705. The van der Waals surface area contributed by atoms with Gasteiger partial charge in [0.1, 0.15) is 5.78 Å². The van der Waals surface area contributed by atoms with Crippen molar-refractivity contribution in [1.29, 1.82) is 0 Å². The summed E-state index contributed by atoms with van der Waals surface area (Å²) in [4.78, 5) is 11.6. The van der Waals surface area contributed by atoms with Crippen molar-refractivity contribution >= 4 is 5.78 Å². The molecule has 1 saturated heterocycles. The second-order valence-corrected chi connectivity index (χ2v) is 3.98. The van der Waals surface area contributed by atoms with Crippen LogP contribution in [0.2, 0.25) is 0 Å². The first-order valence-corrected chi connectivity index (χ1v) is 5.62. The van der Waals surface area contributed by atoms with Crippen LogP contribution in [0.3, 0.4) is 0 Å². The molecule has 0 aromatic heterocycles. The van der Waals surface area contributed by atoms with Gasteiger partial charge in [-0.15, -0.1) is 0 Å². The summed E-state index contributed by atoms with van der Waals surface area (Å²) < 4.78 is 5.47. The molecule has 0 spiro atoms. The molecule has 82 valence electrons. The van der Waals surface area contributed by atoms with Gasteiger partial charge in [-0.1, -0.05) is 6.92 Å². The molecule has 0 radical (unpaired) electrons. The number of Topliss-reactive ketones (excluding diaryl/α,β-unsaturated/α-hetero) is 1. The van der Waals surface area contributed by atoms with Crippen LogP contribution in [0.1, 0.15) is 39.0 Å². The lowest BCUT2D eigenvalue weighted by Crippen LogP contribution is -2.23. The highest BCUT2D eigenvalue weighted by Crippen LogP contribution is 2.18. The molecule has 1 aliphatic heterocycles. The van der Waals surface area contributed by atoms with E-state index in [0.717, 1.165) is 32.3 Å². The zero-order valence-corrected chi connectivity index (χ0v) is 9.00. The number of carbonyl (C=O) groups excluding carboxylic acids is 1. The number of nitrogens with two attached hydrogens (primary N) is 1. The SMILES string of the molecule is CCC(CN)C(=O)CCC1CCCO1. The fourth-order valence-electron chi connectivity index (χ4n) is 1.91. The van der Waals surface area contributed by atoms with Crippen LogP contribution < -0.4 is 5.73 Å². The minimum atomic E-state index is 0.0661. The topological polar surface area (TPSA) is 52.3 Å². The number of hydrogen-bond acceptors (Lipinski definition) is 3. The monoisotopic (exact) mass is 199 g/mol. The average molecular weight is 199 g/mol. The van der Waals surface area contributed by atoms with Crippen LogP contribution in [0.15, 0.2) is 0 Å². The molecule has 0 bridgehead atoms. The number of hydrogen-bond donors (Lipinski definition) is 1. The van der Waals surface area contributed by atoms with Gasteiger partial charge in [-0.25, -0.2) is 0 Å². The molecule has 0 aromatic carbocycles. The van der Waals surface area contributed by atoms with E-state index in [9.17, 15) is 4.79 Å². The highest BCUT2D eigenvalue weighted by atomic mass is 16.5. The Bertz CT molecular complexity index is 172. The van der Waals surface area contributed by atoms with Crippen molar-refractivity contribution < 1.29 is 9.53 Å². The molecule has 14 heavy (non-hydrogen) atoms. The molecular formula is C11H21NO2. The average Bonchev–Trinajstić information content (AvgIpc) is 2.69. The van der Waals surface area contributed by atoms with Crippen LogP contribution in [-0.4, -0.2) is 25.0 Å². The van der Waals surface area contributed by atoms with Crippen LogP contribution in [0.5, 0.6) is 0 Å². The van der Waals surface area contributed by atoms with E-state index in [2.05, 4.69) is 0 Å². The van der Waals surface area contributed by atoms with E-state index in [1.807, 2.05) is 6.92 Å². The number of carbonyl (C=O) groups is 1. The summed E-state index contributed by atoms with van der Waals surface area (Å²) >= 11 is 0. The van der Waals surface area contributed by atoms with Crippen LogP contribution in [0.25, 0.3) is 0 Å². The second-order valence-electron chi connectivity index (χ2n) is 3.98. The Labute approximate surface area is 86.0 Å². The van der Waals surface area contributed by atoms with Crippen LogP contribution >= 0.6 is 0 Å². The van der Waals surface area contributed by atoms with Gasteiger partial charge in [-0.05, 0) is 25.7 Å². The predicted molar refractivity (Wildman–Crippen MR) is 56.1 cm³/mol. The molecule has 0 aromatic rings. The molecule has 3 heteroatoms. The summed E-state index contributed by atoms with van der Waals surface area (Å²) in [6.07, 6.45) is 4.98. The maximum atomic E-state index is 11.6. The summed E-state index contributed by atoms with van der Waals surface area (Å²) in [5.41, 5.74) is 5.52. The number of ether oxygens (including phenoxy) is 1. The van der Waals surface area contributed by atoms with Crippen molar-refractivity contribution in [2.45, 2.75) is 45.1 Å². The van der Waals surface area contributed by atoms with Gasteiger partial charge in [0, 0.05) is 25.5 Å². The lowest BCUT2D eigenvalue weighted by molar-refractivity contribution is -0.123. The van der Waals surface area contributed by atoms with Crippen molar-refractivity contribution in [3.8, 4) is 0 Å². The summed E-state index contributed by atoms with van der Waals surface area (Å²) in [5, 5.41) is 0. The normalized spacial score (nSPS) is 23.7. The first-order chi connectivity index (χ1) is 6.77. The van der Waals surface area contributed by atoms with Gasteiger partial charge in [-0.3, -0.25) is 4.79 Å². The first kappa shape index (κ1) is 11.7. The van der Waals surface area contributed by atoms with Gasteiger partial charge in [0.15, 0.2) is 0 Å². The van der Waals surface area contributed by atoms with Crippen molar-refractivity contribution in [3.05, 3.63) is 0 Å². The molecule has 3 nitrogen and oxygen atoms in total. The summed E-state index contributed by atoms with van der Waals surface area (Å²) in [5.74, 6) is 0.377. The van der Waals surface area contributed by atoms with Gasteiger partial charge < -0.3 is 10.5 Å². The number of rotatable bonds is 6. The zero-order valence-electron chi connectivity index (χ0n) is 9.00. The molecule has 2 unspecified atom stereocenters. The van der Waals surface area contributed by atoms with Gasteiger partial charge in [0.25, 0.3) is 0 Å². The first-order valence-electron chi connectivity index (χ1n) is 5.62. The Morgan fingerprint density at radius 2 is 2.43 bits per heavy atom. The molecule has 1 aliphatic rings. The maximum Gasteiger partial charge on any atom is 0.137 e. The summed E-state index contributed by atoms with van der Waals surface area (Å²) in [6.45, 7) is 3.37. The van der Waals surface area contributed by atoms with Gasteiger partial charge in [0.05, 0.1) is 6.10 Å². The maximum absolute atomic E-state index is 11.6. The van der Waals surface area contributed by atoms with Gasteiger partial charge in [-0.2, -0.15) is 0 Å². The Kier molecular flexibility index (Phi) is 5.12. The van der Waals surface area contributed by atoms with Gasteiger partial charge in [0.2, 0.25) is 0 Å². The molecule has 1 fully saturated rings. The zero-order chi connectivity index (χ0) is 10.4. The number of ketones is 1.